The van der Waals surface area contributed by atoms with Crippen LogP contribution in [0.15, 0.2) is 22.7 Å². The highest BCUT2D eigenvalue weighted by Crippen LogP contribution is 2.25. The first-order valence-electron chi connectivity index (χ1n) is 5.66. The van der Waals surface area contributed by atoms with Crippen LogP contribution in [0.5, 0.6) is 0 Å². The van der Waals surface area contributed by atoms with Crippen molar-refractivity contribution in [3.63, 3.8) is 0 Å². The van der Waals surface area contributed by atoms with Crippen LogP contribution in [0.1, 0.15) is 19.3 Å². The van der Waals surface area contributed by atoms with E-state index in [1.54, 1.807) is 12.1 Å². The molecule has 1 fully saturated rings. The Balaban J connectivity index is 1.99. The van der Waals surface area contributed by atoms with Gasteiger partial charge in [-0.2, -0.15) is 0 Å². The molecule has 2 rings (SSSR count). The summed E-state index contributed by atoms with van der Waals surface area (Å²) in [5.74, 6) is 0.0268. The Kier molecular flexibility index (Phi) is 4.42. The van der Waals surface area contributed by atoms with Gasteiger partial charge in [0.25, 0.3) is 0 Å². The minimum absolute atomic E-state index is 0.0268. The molecule has 5 heteroatoms. The largest absolute Gasteiger partial charge is 0.325 e. The van der Waals surface area contributed by atoms with Crippen LogP contribution in [0.25, 0.3) is 0 Å². The summed E-state index contributed by atoms with van der Waals surface area (Å²) < 4.78 is 0.786. The van der Waals surface area contributed by atoms with Crippen LogP contribution in [-0.2, 0) is 4.79 Å². The molecule has 2 N–H and O–H groups in total. The first-order chi connectivity index (χ1) is 8.16. The van der Waals surface area contributed by atoms with E-state index in [9.17, 15) is 4.79 Å². The molecule has 92 valence electrons. The van der Waals surface area contributed by atoms with Gasteiger partial charge < -0.3 is 10.6 Å². The van der Waals surface area contributed by atoms with Crippen LogP contribution in [-0.4, -0.2) is 18.5 Å². The number of benzene rings is 1. The number of amides is 1. The molecule has 0 unspecified atom stereocenters. The van der Waals surface area contributed by atoms with E-state index >= 15 is 0 Å². The molecule has 1 heterocycles. The van der Waals surface area contributed by atoms with E-state index in [2.05, 4.69) is 26.6 Å². The van der Waals surface area contributed by atoms with Crippen molar-refractivity contribution in [1.29, 1.82) is 0 Å². The summed E-state index contributed by atoms with van der Waals surface area (Å²) >= 11 is 9.23. The number of halogens is 2. The Hall–Kier alpha value is -0.580. The molecule has 17 heavy (non-hydrogen) atoms. The third kappa shape index (κ3) is 3.44. The van der Waals surface area contributed by atoms with Crippen molar-refractivity contribution in [1.82, 2.24) is 5.32 Å². The monoisotopic (exact) mass is 316 g/mol. The number of carbonyl (C=O) groups is 1. The van der Waals surface area contributed by atoms with Crippen LogP contribution in [0, 0.1) is 0 Å². The van der Waals surface area contributed by atoms with E-state index in [-0.39, 0.29) is 11.9 Å². The number of hydrogen-bond acceptors (Lipinski definition) is 2. The van der Waals surface area contributed by atoms with Gasteiger partial charge >= 0.3 is 0 Å². The fourth-order valence-electron chi connectivity index (χ4n) is 1.88. The van der Waals surface area contributed by atoms with E-state index in [1.165, 1.54) is 0 Å². The smallest absolute Gasteiger partial charge is 0.241 e. The summed E-state index contributed by atoms with van der Waals surface area (Å²) in [7, 11) is 0. The van der Waals surface area contributed by atoms with Gasteiger partial charge in [0.1, 0.15) is 0 Å². The Labute approximate surface area is 114 Å². The van der Waals surface area contributed by atoms with Crippen LogP contribution in [0.2, 0.25) is 5.02 Å². The normalized spacial score (nSPS) is 20.0. The second kappa shape index (κ2) is 5.85. The summed E-state index contributed by atoms with van der Waals surface area (Å²) in [6.07, 6.45) is 3.16. The van der Waals surface area contributed by atoms with Gasteiger partial charge in [0.15, 0.2) is 0 Å². The molecule has 0 aromatic heterocycles. The van der Waals surface area contributed by atoms with Crippen molar-refractivity contribution < 1.29 is 4.79 Å². The lowest BCUT2D eigenvalue weighted by Gasteiger charge is -2.22. The molecule has 3 nitrogen and oxygen atoms in total. The number of piperidine rings is 1. The molecule has 0 spiro atoms. The molecular formula is C12H14BrClN2O. The lowest BCUT2D eigenvalue weighted by molar-refractivity contribution is -0.118. The molecule has 1 saturated heterocycles. The zero-order valence-electron chi connectivity index (χ0n) is 9.30. The first-order valence-corrected chi connectivity index (χ1v) is 6.83. The lowest BCUT2D eigenvalue weighted by Crippen LogP contribution is -2.43. The van der Waals surface area contributed by atoms with Gasteiger partial charge in [0, 0.05) is 10.2 Å². The number of nitrogens with one attached hydrogen (secondary N) is 2. The van der Waals surface area contributed by atoms with Gasteiger partial charge in [-0.3, -0.25) is 4.79 Å². The predicted octanol–water partition coefficient (Wildman–Crippen LogP) is 3.18. The zero-order valence-corrected chi connectivity index (χ0v) is 11.6. The Morgan fingerprint density at radius 1 is 1.47 bits per heavy atom. The zero-order chi connectivity index (χ0) is 12.3. The van der Waals surface area contributed by atoms with Crippen LogP contribution < -0.4 is 10.6 Å². The highest BCUT2D eigenvalue weighted by atomic mass is 79.9. The quantitative estimate of drug-likeness (QED) is 0.879. The second-order valence-corrected chi connectivity index (χ2v) is 5.38. The average Bonchev–Trinajstić information content (AvgIpc) is 2.35. The third-order valence-corrected chi connectivity index (χ3v) is 4.03. The van der Waals surface area contributed by atoms with E-state index in [1.807, 2.05) is 6.07 Å². The van der Waals surface area contributed by atoms with Gasteiger partial charge in [0.2, 0.25) is 5.91 Å². The molecule has 1 atom stereocenters. The van der Waals surface area contributed by atoms with E-state index in [0.29, 0.717) is 5.02 Å². The van der Waals surface area contributed by atoms with Crippen molar-refractivity contribution in [2.45, 2.75) is 25.3 Å². The average molecular weight is 318 g/mol. The number of carbonyl (C=O) groups excluding carboxylic acids is 1. The summed E-state index contributed by atoms with van der Waals surface area (Å²) in [6, 6.07) is 5.30. The maximum Gasteiger partial charge on any atom is 0.241 e. The number of rotatable bonds is 2. The van der Waals surface area contributed by atoms with Crippen LogP contribution in [0.4, 0.5) is 5.69 Å². The molecular weight excluding hydrogens is 304 g/mol. The molecule has 1 aliphatic heterocycles. The molecule has 0 aliphatic carbocycles. The van der Waals surface area contributed by atoms with E-state index in [0.717, 1.165) is 36.0 Å². The fraction of sp³-hybridized carbons (Fsp3) is 0.417. The van der Waals surface area contributed by atoms with Gasteiger partial charge in [0.05, 0.1) is 11.1 Å². The molecule has 1 amide bonds. The topological polar surface area (TPSA) is 41.1 Å². The van der Waals surface area contributed by atoms with Crippen molar-refractivity contribution >= 4 is 39.1 Å². The molecule has 0 bridgehead atoms. The minimum atomic E-state index is -0.0711. The highest BCUT2D eigenvalue weighted by molar-refractivity contribution is 9.10. The summed E-state index contributed by atoms with van der Waals surface area (Å²) in [6.45, 7) is 0.919. The SMILES string of the molecule is O=C(Nc1ccc(Cl)c(Br)c1)[C@@H]1CCCCN1. The van der Waals surface area contributed by atoms with Crippen LogP contribution in [0.3, 0.4) is 0 Å². The molecule has 0 saturated carbocycles. The predicted molar refractivity (Wildman–Crippen MR) is 73.4 cm³/mol. The molecule has 1 aromatic carbocycles. The molecule has 0 radical (unpaired) electrons. The Morgan fingerprint density at radius 3 is 2.94 bits per heavy atom. The van der Waals surface area contributed by atoms with Crippen molar-refractivity contribution in [2.24, 2.45) is 0 Å². The number of anilines is 1. The second-order valence-electron chi connectivity index (χ2n) is 4.12. The van der Waals surface area contributed by atoms with Crippen molar-refractivity contribution in [3.05, 3.63) is 27.7 Å². The molecule has 1 aromatic rings. The maximum absolute atomic E-state index is 11.9. The first kappa shape index (κ1) is 12.9. The van der Waals surface area contributed by atoms with Crippen molar-refractivity contribution in [3.8, 4) is 0 Å². The Bertz CT molecular complexity index is 419. The van der Waals surface area contributed by atoms with Crippen molar-refractivity contribution in [2.75, 3.05) is 11.9 Å². The fourth-order valence-corrected chi connectivity index (χ4v) is 2.38. The van der Waals surface area contributed by atoms with E-state index in [4.69, 9.17) is 11.6 Å². The lowest BCUT2D eigenvalue weighted by atomic mass is 10.0. The van der Waals surface area contributed by atoms with Crippen LogP contribution >= 0.6 is 27.5 Å². The minimum Gasteiger partial charge on any atom is -0.325 e. The van der Waals surface area contributed by atoms with Gasteiger partial charge in [-0.25, -0.2) is 0 Å². The maximum atomic E-state index is 11.9. The van der Waals surface area contributed by atoms with Gasteiger partial charge in [-0.05, 0) is 53.5 Å². The standard InChI is InChI=1S/C12H14BrClN2O/c13-9-7-8(4-5-10(9)14)16-12(17)11-3-1-2-6-15-11/h4-5,7,11,15H,1-3,6H2,(H,16,17)/t11-/m0/s1. The summed E-state index contributed by atoms with van der Waals surface area (Å²) in [5.41, 5.74) is 0.763. The van der Waals surface area contributed by atoms with Gasteiger partial charge in [-0.1, -0.05) is 18.0 Å². The third-order valence-electron chi connectivity index (χ3n) is 2.81. The summed E-state index contributed by atoms with van der Waals surface area (Å²) in [4.78, 5) is 11.9. The number of hydrogen-bond donors (Lipinski definition) is 2. The van der Waals surface area contributed by atoms with Gasteiger partial charge in [-0.15, -0.1) is 0 Å². The van der Waals surface area contributed by atoms with E-state index < -0.39 is 0 Å². The Morgan fingerprint density at radius 2 is 2.29 bits per heavy atom. The summed E-state index contributed by atoms with van der Waals surface area (Å²) in [5, 5.41) is 6.74. The molecule has 1 aliphatic rings. The highest BCUT2D eigenvalue weighted by Gasteiger charge is 2.20.